The third kappa shape index (κ3) is 10.4. The van der Waals surface area contributed by atoms with E-state index in [0.29, 0.717) is 41.1 Å². The lowest BCUT2D eigenvalue weighted by Gasteiger charge is -2.36. The minimum Gasteiger partial charge on any atom is -0.496 e. The van der Waals surface area contributed by atoms with Gasteiger partial charge in [0, 0.05) is 11.4 Å². The van der Waals surface area contributed by atoms with Crippen molar-refractivity contribution in [2.45, 2.75) is 117 Å². The summed E-state index contributed by atoms with van der Waals surface area (Å²) in [5, 5.41) is 7.57. The summed E-state index contributed by atoms with van der Waals surface area (Å²) in [4.78, 5) is 81.4. The van der Waals surface area contributed by atoms with Gasteiger partial charge in [-0.2, -0.15) is 0 Å². The maximum Gasteiger partial charge on any atom is 0.414 e. The van der Waals surface area contributed by atoms with Gasteiger partial charge in [0.1, 0.15) is 30.0 Å². The van der Waals surface area contributed by atoms with Gasteiger partial charge in [-0.1, -0.05) is 58.0 Å². The maximum absolute atomic E-state index is 14.4. The Morgan fingerprint density at radius 2 is 1.58 bits per heavy atom. The Balaban J connectivity index is 1.30. The fraction of sp³-hybridized carbons (Fsp3) is 0.477. The van der Waals surface area contributed by atoms with Crippen molar-refractivity contribution in [2.24, 2.45) is 5.92 Å². The van der Waals surface area contributed by atoms with Crippen LogP contribution in [0.3, 0.4) is 0 Å². The molecule has 3 aromatic rings. The van der Waals surface area contributed by atoms with Crippen LogP contribution in [0.5, 0.6) is 5.75 Å². The van der Waals surface area contributed by atoms with Crippen LogP contribution in [0.1, 0.15) is 82.4 Å². The molecule has 14 nitrogen and oxygen atoms in total. The van der Waals surface area contributed by atoms with E-state index in [1.807, 2.05) is 57.3 Å². The first-order valence-electron chi connectivity index (χ1n) is 20.0. The van der Waals surface area contributed by atoms with Gasteiger partial charge in [-0.15, -0.1) is 0 Å². The van der Waals surface area contributed by atoms with Gasteiger partial charge in [-0.3, -0.25) is 19.3 Å². The zero-order chi connectivity index (χ0) is 43.6. The summed E-state index contributed by atoms with van der Waals surface area (Å²) in [5.41, 5.74) is 3.68. The van der Waals surface area contributed by atoms with Crippen molar-refractivity contribution < 1.29 is 43.0 Å². The summed E-state index contributed by atoms with van der Waals surface area (Å²) >= 11 is 0. The molecule has 0 bridgehead atoms. The van der Waals surface area contributed by atoms with Gasteiger partial charge in [0.15, 0.2) is 8.32 Å². The Hall–Kier alpha value is -5.41. The molecule has 2 aliphatic rings. The van der Waals surface area contributed by atoms with Crippen LogP contribution in [-0.2, 0) is 38.5 Å². The van der Waals surface area contributed by atoms with Crippen LogP contribution in [0.25, 0.3) is 0 Å². The number of methoxy groups -OCH3 is 1. The van der Waals surface area contributed by atoms with Crippen molar-refractivity contribution in [3.05, 3.63) is 82.9 Å². The summed E-state index contributed by atoms with van der Waals surface area (Å²) in [6.45, 7) is 18.2. The number of carbonyl (C=O) groups is 5. The summed E-state index contributed by atoms with van der Waals surface area (Å²) in [7, 11) is -1.10. The highest BCUT2D eigenvalue weighted by molar-refractivity contribution is 6.72. The molecule has 0 spiro atoms. The van der Waals surface area contributed by atoms with Crippen LogP contribution >= 0.6 is 0 Å². The highest BCUT2D eigenvalue weighted by Crippen LogP contribution is 2.45. The lowest BCUT2D eigenvalue weighted by Crippen LogP contribution is -2.54. The van der Waals surface area contributed by atoms with E-state index in [0.717, 1.165) is 16.8 Å². The average molecular weight is 830 g/mol. The number of nitrogens with zero attached hydrogens (tertiary/aromatic N) is 2. The Morgan fingerprint density at radius 1 is 0.915 bits per heavy atom. The molecule has 0 radical (unpaired) electrons. The fourth-order valence-corrected chi connectivity index (χ4v) is 7.64. The van der Waals surface area contributed by atoms with Crippen molar-refractivity contribution in [3.8, 4) is 5.75 Å². The van der Waals surface area contributed by atoms with Gasteiger partial charge in [0.2, 0.25) is 11.8 Å². The van der Waals surface area contributed by atoms with Crippen molar-refractivity contribution in [1.82, 2.24) is 10.6 Å². The second-order valence-corrected chi connectivity index (χ2v) is 22.4. The summed E-state index contributed by atoms with van der Waals surface area (Å²) < 4.78 is 17.0. The van der Waals surface area contributed by atoms with Gasteiger partial charge < -0.3 is 39.9 Å². The lowest BCUT2D eigenvalue weighted by molar-refractivity contribution is -0.128. The van der Waals surface area contributed by atoms with Crippen molar-refractivity contribution in [1.29, 1.82) is 0 Å². The first kappa shape index (κ1) is 44.7. The lowest BCUT2D eigenvalue weighted by atomic mass is 9.97. The van der Waals surface area contributed by atoms with E-state index in [-0.39, 0.29) is 31.0 Å². The van der Waals surface area contributed by atoms with Crippen molar-refractivity contribution in [3.63, 3.8) is 0 Å². The van der Waals surface area contributed by atoms with E-state index in [2.05, 4.69) is 16.0 Å². The number of fused-ring (bicyclic) bond motifs is 4. The van der Waals surface area contributed by atoms with Gasteiger partial charge in [-0.25, -0.2) is 9.59 Å². The number of amides is 5. The zero-order valence-electron chi connectivity index (χ0n) is 36.0. The molecule has 3 aromatic carbocycles. The summed E-state index contributed by atoms with van der Waals surface area (Å²) in [6.07, 6.45) is -0.334. The molecular weight excluding hydrogens is 771 g/mol. The number of alkyl carbamates (subject to hydrolysis) is 1. The van der Waals surface area contributed by atoms with Crippen LogP contribution in [0.4, 0.5) is 26.7 Å². The average Bonchev–Trinajstić information content (AvgIpc) is 3.46. The van der Waals surface area contributed by atoms with Crippen LogP contribution in [0.15, 0.2) is 60.7 Å². The van der Waals surface area contributed by atoms with Gasteiger partial charge in [0.25, 0.3) is 5.91 Å². The first-order chi connectivity index (χ1) is 27.5. The third-order valence-electron chi connectivity index (χ3n) is 11.1. The molecule has 0 aliphatic carbocycles. The molecule has 0 aromatic heterocycles. The molecule has 15 heteroatoms. The number of carbonyl (C=O) groups excluding carboxylic acids is 5. The van der Waals surface area contributed by atoms with Crippen LogP contribution in [0, 0.1) is 5.92 Å². The van der Waals surface area contributed by atoms with E-state index in [4.69, 9.17) is 14.2 Å². The molecule has 2 heterocycles. The van der Waals surface area contributed by atoms with Crippen molar-refractivity contribution in [2.75, 3.05) is 28.8 Å². The predicted octanol–water partition coefficient (Wildman–Crippen LogP) is 6.94. The predicted molar refractivity (Wildman–Crippen MR) is 229 cm³/mol. The Kier molecular flexibility index (Phi) is 13.2. The number of hydrogen-bond donors (Lipinski definition) is 4. The number of anilines is 3. The molecule has 3 atom stereocenters. The number of hydrogen-bond acceptors (Lipinski definition) is 9. The second kappa shape index (κ2) is 17.4. The number of rotatable bonds is 12. The molecule has 2 aliphatic heterocycles. The van der Waals surface area contributed by atoms with Crippen LogP contribution < -0.4 is 30.5 Å². The zero-order valence-corrected chi connectivity index (χ0v) is 37.0. The molecule has 5 rings (SSSR count). The monoisotopic (exact) mass is 829 g/mol. The molecule has 318 valence electrons. The van der Waals surface area contributed by atoms with E-state index in [1.54, 1.807) is 83.9 Å². The Labute approximate surface area is 348 Å². The fourth-order valence-electron chi connectivity index (χ4n) is 7.02. The largest absolute Gasteiger partial charge is 0.496 e. The third-order valence-corrected chi connectivity index (χ3v) is 14.6. The van der Waals surface area contributed by atoms with Gasteiger partial charge >= 0.3 is 12.2 Å². The molecule has 59 heavy (non-hydrogen) atoms. The van der Waals surface area contributed by atoms with E-state index < -0.39 is 55.0 Å². The van der Waals surface area contributed by atoms with Gasteiger partial charge in [0.05, 0.1) is 30.9 Å². The highest BCUT2D eigenvalue weighted by Gasteiger charge is 2.43. The standard InChI is InChI=1S/C44H59N5O9Si/c1-26(2)37(47-41(53)58-43(4,5)6)39(51)45-27(3)38(50)46-31-18-16-28(17-19-31)25-57-42(54)48-24-32-20-29-14-12-13-15-34(29)49(32)40(52)33-22-36(56-9)30(21-35(33)48)23-44(7,8)59(10,11)55/h12-19,21-22,26-27,32,37,55H,20,23-25H2,1-11H3,(H,45,51)(H,46,50)(H,47,53)/t27-,32-,37-/m0/s1. The van der Waals surface area contributed by atoms with E-state index in [1.165, 1.54) is 4.90 Å². The highest BCUT2D eigenvalue weighted by atomic mass is 28.4. The SMILES string of the molecule is COc1cc2c(cc1CC(C)(C)[Si](C)(C)O)N(C(=O)OCc1ccc(NC(=O)[C@H](C)NC(=O)[C@@H](NC(=O)OC(C)(C)C)C(C)C)cc1)C[C@@H]1Cc3ccccc3N1C2=O. The molecule has 5 amide bonds. The summed E-state index contributed by atoms with van der Waals surface area (Å²) in [5.74, 6) is -1.01. The second-order valence-electron chi connectivity index (χ2n) is 17.9. The van der Waals surface area contributed by atoms with Crippen LogP contribution in [0.2, 0.25) is 18.1 Å². The van der Waals surface area contributed by atoms with Gasteiger partial charge in [-0.05, 0) is 112 Å². The Bertz CT molecular complexity index is 2070. The molecule has 0 fully saturated rings. The number of para-hydroxylation sites is 1. The molecular formula is C44H59N5O9Si. The number of ether oxygens (including phenoxy) is 3. The minimum atomic E-state index is -2.65. The maximum atomic E-state index is 14.4. The van der Waals surface area contributed by atoms with E-state index >= 15 is 0 Å². The smallest absolute Gasteiger partial charge is 0.414 e. The molecule has 0 saturated carbocycles. The molecule has 0 saturated heterocycles. The minimum absolute atomic E-state index is 0.0878. The molecule has 4 N–H and O–H groups in total. The van der Waals surface area contributed by atoms with Crippen LogP contribution in [-0.4, -0.2) is 80.4 Å². The quantitative estimate of drug-likeness (QED) is 0.141. The topological polar surface area (TPSA) is 176 Å². The number of benzene rings is 3. The van der Waals surface area contributed by atoms with E-state index in [9.17, 15) is 28.8 Å². The summed E-state index contributed by atoms with van der Waals surface area (Å²) in [6, 6.07) is 15.8. The normalized spacial score (nSPS) is 16.2. The molecule has 0 unspecified atom stereocenters. The number of nitrogens with one attached hydrogen (secondary N) is 3. The Morgan fingerprint density at radius 3 is 2.19 bits per heavy atom. The van der Waals surface area contributed by atoms with Crippen molar-refractivity contribution >= 4 is 55.3 Å². The first-order valence-corrected chi connectivity index (χ1v) is 22.9.